The van der Waals surface area contributed by atoms with Crippen molar-refractivity contribution in [1.29, 1.82) is 0 Å². The number of benzene rings is 2. The van der Waals surface area contributed by atoms with Crippen LogP contribution >= 0.6 is 0 Å². The first kappa shape index (κ1) is 23.7. The Kier molecular flexibility index (Phi) is 6.77. The Morgan fingerprint density at radius 1 is 1.06 bits per heavy atom. The summed E-state index contributed by atoms with van der Waals surface area (Å²) in [5.74, 6) is 3.36. The summed E-state index contributed by atoms with van der Waals surface area (Å²) in [6, 6.07) is 14.4. The average molecular weight is 491 g/mol. The highest BCUT2D eigenvalue weighted by molar-refractivity contribution is 5.84. The smallest absolute Gasteiger partial charge is 0.354 e. The topological polar surface area (TPSA) is 116 Å². The number of nitrogens with two attached hydrogens (primary N) is 1. The van der Waals surface area contributed by atoms with Crippen molar-refractivity contribution < 1.29 is 19.2 Å². The monoisotopic (exact) mass is 490 g/mol. The van der Waals surface area contributed by atoms with Gasteiger partial charge in [-0.1, -0.05) is 28.7 Å². The van der Waals surface area contributed by atoms with Crippen LogP contribution in [0.5, 0.6) is 11.5 Å². The van der Waals surface area contributed by atoms with E-state index in [2.05, 4.69) is 62.0 Å². The fourth-order valence-electron chi connectivity index (χ4n) is 4.44. The number of nitrogen functional groups attached to an aromatic ring is 1. The quantitative estimate of drug-likeness (QED) is 0.387. The van der Waals surface area contributed by atoms with Gasteiger partial charge in [0.25, 0.3) is 0 Å². The van der Waals surface area contributed by atoms with Gasteiger partial charge in [0.05, 0.1) is 52.8 Å². The number of H-pyrrole nitrogens is 2. The summed E-state index contributed by atoms with van der Waals surface area (Å²) in [5.41, 5.74) is 10.7. The number of methoxy groups -OCH3 is 2. The lowest BCUT2D eigenvalue weighted by Gasteiger charge is -2.26. The molecule has 1 fully saturated rings. The number of anilines is 4. The highest BCUT2D eigenvalue weighted by atomic mass is 16.5. The standard InChI is InChI=1S/C26H31N7O3/c1-17-4-7-19(8-5-17)33(11-10-18-6-9-20(34-2)21(16-18)35-3)26-30-23-22(28-25(27)29-23)24(31-26)32-12-14-36-15-13-32/h4-9,16H,10-15H2,1-3H3,(H3,27,28,29,30,31)/p+1. The molecule has 4 aromatic rings. The van der Waals surface area contributed by atoms with Gasteiger partial charge in [0.15, 0.2) is 17.0 Å². The average Bonchev–Trinajstić information content (AvgIpc) is 3.29. The number of morpholine rings is 1. The van der Waals surface area contributed by atoms with Crippen LogP contribution in [0.15, 0.2) is 42.5 Å². The van der Waals surface area contributed by atoms with E-state index in [0.717, 1.165) is 42.1 Å². The molecule has 3 heterocycles. The van der Waals surface area contributed by atoms with E-state index in [1.54, 1.807) is 14.2 Å². The number of rotatable bonds is 8. The van der Waals surface area contributed by atoms with Gasteiger partial charge in [-0.25, -0.2) is 9.88 Å². The highest BCUT2D eigenvalue weighted by Gasteiger charge is 2.27. The third kappa shape index (κ3) is 4.85. The maximum absolute atomic E-state index is 6.03. The molecule has 0 spiro atoms. The van der Waals surface area contributed by atoms with Gasteiger partial charge in [-0.15, -0.1) is 0 Å². The van der Waals surface area contributed by atoms with Crippen molar-refractivity contribution in [3.8, 4) is 11.5 Å². The Hall–Kier alpha value is -4.05. The first-order valence-corrected chi connectivity index (χ1v) is 12.0. The van der Waals surface area contributed by atoms with Crippen molar-refractivity contribution in [2.24, 2.45) is 0 Å². The Bertz CT molecular complexity index is 1330. The second-order valence-corrected chi connectivity index (χ2v) is 8.76. The molecule has 2 aromatic carbocycles. The van der Waals surface area contributed by atoms with Gasteiger partial charge in [0, 0.05) is 6.42 Å². The molecule has 10 heteroatoms. The lowest BCUT2D eigenvalue weighted by molar-refractivity contribution is -0.352. The fourth-order valence-corrected chi connectivity index (χ4v) is 4.44. The molecular formula is C26H32N7O3+. The van der Waals surface area contributed by atoms with E-state index >= 15 is 0 Å². The van der Waals surface area contributed by atoms with E-state index in [-0.39, 0.29) is 0 Å². The van der Waals surface area contributed by atoms with Crippen LogP contribution in [-0.2, 0) is 11.2 Å². The summed E-state index contributed by atoms with van der Waals surface area (Å²) in [6.45, 7) is 5.62. The van der Waals surface area contributed by atoms with Crippen molar-refractivity contribution in [2.75, 3.05) is 62.6 Å². The maximum Gasteiger partial charge on any atom is 0.354 e. The van der Waals surface area contributed by atoms with Crippen LogP contribution in [0.4, 0.5) is 23.4 Å². The Morgan fingerprint density at radius 2 is 1.81 bits per heavy atom. The Balaban J connectivity index is 1.54. The molecule has 36 heavy (non-hydrogen) atoms. The minimum absolute atomic E-state index is 0.338. The number of hydrogen-bond donors (Lipinski definition) is 2. The zero-order valence-corrected chi connectivity index (χ0v) is 20.9. The predicted octanol–water partition coefficient (Wildman–Crippen LogP) is 2.90. The summed E-state index contributed by atoms with van der Waals surface area (Å²) in [5, 5.41) is 0. The van der Waals surface area contributed by atoms with Gasteiger partial charge < -0.3 is 29.8 Å². The van der Waals surface area contributed by atoms with E-state index in [4.69, 9.17) is 24.9 Å². The predicted molar refractivity (Wildman–Crippen MR) is 139 cm³/mol. The third-order valence-corrected chi connectivity index (χ3v) is 6.38. The number of nitrogens with zero attached hydrogens (tertiary/aromatic N) is 4. The molecule has 0 bridgehead atoms. The normalized spacial score (nSPS) is 13.7. The second kappa shape index (κ2) is 10.3. The number of aromatic amines is 2. The molecule has 2 aromatic heterocycles. The van der Waals surface area contributed by atoms with Crippen molar-refractivity contribution in [3.63, 3.8) is 0 Å². The molecule has 188 valence electrons. The Morgan fingerprint density at radius 3 is 2.53 bits per heavy atom. The summed E-state index contributed by atoms with van der Waals surface area (Å²) in [4.78, 5) is 20.5. The van der Waals surface area contributed by atoms with E-state index in [1.807, 2.05) is 12.1 Å². The molecule has 0 atom stereocenters. The molecule has 5 rings (SSSR count). The van der Waals surface area contributed by atoms with Gasteiger partial charge in [0.1, 0.15) is 0 Å². The SMILES string of the molecule is COc1ccc(CCN(c2ccc(C)cc2)c2nc3nc(N)[nH]c3c(N3CCOCC3)[nH+]2)cc1OC. The summed E-state index contributed by atoms with van der Waals surface area (Å²) < 4.78 is 16.5. The molecule has 0 aliphatic carbocycles. The molecular weight excluding hydrogens is 458 g/mol. The number of nitrogens with one attached hydrogen (secondary N) is 2. The lowest BCUT2D eigenvalue weighted by atomic mass is 10.1. The van der Waals surface area contributed by atoms with Gasteiger partial charge in [0.2, 0.25) is 17.4 Å². The van der Waals surface area contributed by atoms with Crippen LogP contribution in [0.2, 0.25) is 0 Å². The van der Waals surface area contributed by atoms with E-state index in [1.165, 1.54) is 5.56 Å². The van der Waals surface area contributed by atoms with Crippen molar-refractivity contribution in [2.45, 2.75) is 13.3 Å². The largest absolute Gasteiger partial charge is 0.493 e. The van der Waals surface area contributed by atoms with Gasteiger partial charge in [-0.05, 0) is 36.8 Å². The number of aromatic nitrogens is 4. The van der Waals surface area contributed by atoms with Crippen LogP contribution in [0.1, 0.15) is 11.1 Å². The minimum Gasteiger partial charge on any atom is -0.493 e. The fraction of sp³-hybridized carbons (Fsp3) is 0.346. The van der Waals surface area contributed by atoms with Crippen LogP contribution in [0, 0.1) is 6.92 Å². The second-order valence-electron chi connectivity index (χ2n) is 8.76. The molecule has 10 nitrogen and oxygen atoms in total. The Labute approximate surface area is 210 Å². The van der Waals surface area contributed by atoms with Crippen LogP contribution in [0.3, 0.4) is 0 Å². The molecule has 1 saturated heterocycles. The molecule has 0 amide bonds. The molecule has 0 saturated carbocycles. The summed E-state index contributed by atoms with van der Waals surface area (Å²) >= 11 is 0. The van der Waals surface area contributed by atoms with Crippen molar-refractivity contribution in [1.82, 2.24) is 15.0 Å². The van der Waals surface area contributed by atoms with E-state index < -0.39 is 0 Å². The summed E-state index contributed by atoms with van der Waals surface area (Å²) in [6.07, 6.45) is 0.761. The first-order chi connectivity index (χ1) is 17.6. The third-order valence-electron chi connectivity index (χ3n) is 6.38. The van der Waals surface area contributed by atoms with Crippen LogP contribution in [0.25, 0.3) is 11.2 Å². The zero-order chi connectivity index (χ0) is 25.1. The number of ether oxygens (including phenoxy) is 3. The van der Waals surface area contributed by atoms with Crippen molar-refractivity contribution in [3.05, 3.63) is 53.6 Å². The lowest BCUT2D eigenvalue weighted by Crippen LogP contribution is -2.41. The number of hydrogen-bond acceptors (Lipinski definition) is 8. The molecule has 4 N–H and O–H groups in total. The minimum atomic E-state index is 0.338. The van der Waals surface area contributed by atoms with Crippen LogP contribution < -0.4 is 30.0 Å². The number of aryl methyl sites for hydroxylation is 1. The number of imidazole rings is 1. The van der Waals surface area contributed by atoms with Gasteiger partial charge in [-0.2, -0.15) is 4.98 Å². The first-order valence-electron chi connectivity index (χ1n) is 12.0. The zero-order valence-electron chi connectivity index (χ0n) is 20.9. The molecule has 0 radical (unpaired) electrons. The van der Waals surface area contributed by atoms with E-state index in [9.17, 15) is 0 Å². The maximum atomic E-state index is 6.03. The van der Waals surface area contributed by atoms with Crippen molar-refractivity contribution >= 4 is 34.6 Å². The molecule has 1 aliphatic heterocycles. The molecule has 1 aliphatic rings. The van der Waals surface area contributed by atoms with Gasteiger partial charge in [-0.3, -0.25) is 0 Å². The van der Waals surface area contributed by atoms with E-state index in [0.29, 0.717) is 48.8 Å². The van der Waals surface area contributed by atoms with Crippen LogP contribution in [-0.4, -0.2) is 62.0 Å². The number of fused-ring (bicyclic) bond motifs is 1. The highest BCUT2D eigenvalue weighted by Crippen LogP contribution is 2.30. The molecule has 0 unspecified atom stereocenters. The van der Waals surface area contributed by atoms with Gasteiger partial charge >= 0.3 is 5.95 Å². The summed E-state index contributed by atoms with van der Waals surface area (Å²) in [7, 11) is 3.29.